The predicted octanol–water partition coefficient (Wildman–Crippen LogP) is 15.6. The van der Waals surface area contributed by atoms with Gasteiger partial charge in [-0.1, -0.05) is 257 Å². The number of nitrogens with one attached hydrogen (secondary N) is 1. The number of aliphatic hydroxyl groups is 3. The van der Waals surface area contributed by atoms with E-state index < -0.39 is 18.2 Å². The Hall–Kier alpha value is -0.910. The first kappa shape index (κ1) is 56.1. The molecule has 5 heteroatoms. The van der Waals surface area contributed by atoms with Crippen molar-refractivity contribution in [2.24, 2.45) is 0 Å². The molecule has 0 radical (unpaired) electrons. The molecule has 0 aromatic heterocycles. The van der Waals surface area contributed by atoms with Crippen LogP contribution in [0.3, 0.4) is 0 Å². The van der Waals surface area contributed by atoms with Gasteiger partial charge >= 0.3 is 0 Å². The summed E-state index contributed by atoms with van der Waals surface area (Å²) in [4.78, 5) is 12.5. The molecular weight excluding hydrogens is 703 g/mol. The smallest absolute Gasteiger partial charge is 0.220 e. The van der Waals surface area contributed by atoms with E-state index in [1.807, 2.05) is 0 Å². The molecule has 1 amide bonds. The molecule has 0 saturated carbocycles. The fraction of sp³-hybridized carbons (Fsp3) is 0.942. The molecule has 0 fully saturated rings. The lowest BCUT2D eigenvalue weighted by Crippen LogP contribution is -2.50. The standard InChI is InChI=1S/C52H103NO4/c1-3-5-7-9-11-13-15-17-18-19-20-21-22-23-24-25-26-27-28-29-30-31-32-33-35-37-39-41-43-45-47-51(56)53-49(48-54)52(57)50(55)46-44-42-40-38-36-34-16-14-12-10-8-6-4-2/h38,40,49-50,52,54-55,57H,3-37,39,41-48H2,1-2H3,(H,53,56)/b40-38+. The van der Waals surface area contributed by atoms with E-state index in [-0.39, 0.29) is 12.5 Å². The minimum absolute atomic E-state index is 0.149. The van der Waals surface area contributed by atoms with E-state index in [4.69, 9.17) is 0 Å². The Morgan fingerprint density at radius 1 is 0.421 bits per heavy atom. The second kappa shape index (κ2) is 47.8. The van der Waals surface area contributed by atoms with Crippen LogP contribution in [0.5, 0.6) is 0 Å². The van der Waals surface area contributed by atoms with Crippen LogP contribution in [-0.2, 0) is 4.79 Å². The van der Waals surface area contributed by atoms with Crippen LogP contribution >= 0.6 is 0 Å². The molecule has 0 aliphatic carbocycles. The molecule has 3 atom stereocenters. The zero-order valence-electron chi connectivity index (χ0n) is 38.7. The SMILES string of the molecule is CCCCCCCCCC/C=C/CCCC(O)C(O)C(CO)NC(=O)CCCCCCCCCCCCCCCCCCCCCCCCCCCCCCCC. The monoisotopic (exact) mass is 806 g/mol. The van der Waals surface area contributed by atoms with E-state index in [9.17, 15) is 20.1 Å². The topological polar surface area (TPSA) is 89.8 Å². The van der Waals surface area contributed by atoms with Gasteiger partial charge in [-0.15, -0.1) is 0 Å². The van der Waals surface area contributed by atoms with Crippen molar-refractivity contribution in [3.05, 3.63) is 12.2 Å². The van der Waals surface area contributed by atoms with Gasteiger partial charge < -0.3 is 20.6 Å². The van der Waals surface area contributed by atoms with E-state index in [0.29, 0.717) is 12.8 Å². The zero-order chi connectivity index (χ0) is 41.5. The van der Waals surface area contributed by atoms with Crippen molar-refractivity contribution in [3.8, 4) is 0 Å². The van der Waals surface area contributed by atoms with Gasteiger partial charge in [-0.3, -0.25) is 4.79 Å². The molecule has 340 valence electrons. The maximum absolute atomic E-state index is 12.5. The Bertz CT molecular complexity index is 803. The lowest BCUT2D eigenvalue weighted by atomic mass is 10.0. The summed E-state index contributed by atoms with van der Waals surface area (Å²) in [6, 6.07) is -0.821. The number of allylic oxidation sites excluding steroid dienone is 2. The Morgan fingerprint density at radius 2 is 0.702 bits per heavy atom. The second-order valence-corrected chi connectivity index (χ2v) is 18.1. The largest absolute Gasteiger partial charge is 0.394 e. The van der Waals surface area contributed by atoms with Crippen LogP contribution < -0.4 is 5.32 Å². The van der Waals surface area contributed by atoms with Crippen molar-refractivity contribution in [1.82, 2.24) is 5.32 Å². The fourth-order valence-electron chi connectivity index (χ4n) is 8.34. The lowest BCUT2D eigenvalue weighted by Gasteiger charge is -2.26. The molecule has 57 heavy (non-hydrogen) atoms. The van der Waals surface area contributed by atoms with Crippen LogP contribution in [0, 0.1) is 0 Å². The molecule has 0 spiro atoms. The van der Waals surface area contributed by atoms with Gasteiger partial charge in [0.25, 0.3) is 0 Å². The third-order valence-corrected chi connectivity index (χ3v) is 12.4. The Kier molecular flexibility index (Phi) is 47.0. The number of carbonyl (C=O) groups is 1. The number of hydrogen-bond donors (Lipinski definition) is 4. The minimum Gasteiger partial charge on any atom is -0.394 e. The van der Waals surface area contributed by atoms with Gasteiger partial charge in [-0.2, -0.15) is 0 Å². The Balaban J connectivity index is 3.48. The predicted molar refractivity (Wildman–Crippen MR) is 250 cm³/mol. The quantitative estimate of drug-likeness (QED) is 0.0364. The molecule has 0 aliphatic rings. The summed E-state index contributed by atoms with van der Waals surface area (Å²) in [5.41, 5.74) is 0. The van der Waals surface area contributed by atoms with Crippen molar-refractivity contribution >= 4 is 5.91 Å². The summed E-state index contributed by atoms with van der Waals surface area (Å²) < 4.78 is 0. The van der Waals surface area contributed by atoms with Crippen LogP contribution in [0.1, 0.15) is 290 Å². The van der Waals surface area contributed by atoms with Crippen molar-refractivity contribution < 1.29 is 20.1 Å². The van der Waals surface area contributed by atoms with E-state index in [1.165, 1.54) is 225 Å². The van der Waals surface area contributed by atoms with E-state index in [0.717, 1.165) is 38.5 Å². The van der Waals surface area contributed by atoms with Crippen molar-refractivity contribution in [2.75, 3.05) is 6.61 Å². The van der Waals surface area contributed by atoms with E-state index in [1.54, 1.807) is 0 Å². The zero-order valence-corrected chi connectivity index (χ0v) is 38.7. The highest BCUT2D eigenvalue weighted by Crippen LogP contribution is 2.17. The summed E-state index contributed by atoms with van der Waals surface area (Å²) in [6.45, 7) is 4.18. The first-order valence-corrected chi connectivity index (χ1v) is 26.0. The maximum Gasteiger partial charge on any atom is 0.220 e. The Labute approximate surface area is 357 Å². The molecule has 0 bridgehead atoms. The van der Waals surface area contributed by atoms with Crippen molar-refractivity contribution in [2.45, 2.75) is 308 Å². The third kappa shape index (κ3) is 43.0. The number of unbranched alkanes of at least 4 members (excludes halogenated alkanes) is 38. The van der Waals surface area contributed by atoms with Crippen molar-refractivity contribution in [1.29, 1.82) is 0 Å². The average Bonchev–Trinajstić information content (AvgIpc) is 3.22. The van der Waals surface area contributed by atoms with E-state index in [2.05, 4.69) is 31.3 Å². The minimum atomic E-state index is -1.15. The maximum atomic E-state index is 12.5. The van der Waals surface area contributed by atoms with Gasteiger partial charge in [0.2, 0.25) is 5.91 Å². The summed E-state index contributed by atoms with van der Waals surface area (Å²) in [6.07, 6.45) is 57.9. The number of carbonyl (C=O) groups excluding carboxylic acids is 1. The molecule has 0 aliphatic heterocycles. The van der Waals surface area contributed by atoms with Crippen molar-refractivity contribution in [3.63, 3.8) is 0 Å². The highest BCUT2D eigenvalue weighted by atomic mass is 16.3. The fourth-order valence-corrected chi connectivity index (χ4v) is 8.34. The molecule has 0 saturated heterocycles. The number of amides is 1. The normalized spacial score (nSPS) is 13.4. The van der Waals surface area contributed by atoms with Gasteiger partial charge in [0.1, 0.15) is 6.10 Å². The molecule has 0 aromatic carbocycles. The summed E-state index contributed by atoms with van der Waals surface area (Å²) >= 11 is 0. The molecule has 0 heterocycles. The van der Waals surface area contributed by atoms with Gasteiger partial charge in [-0.25, -0.2) is 0 Å². The molecule has 4 N–H and O–H groups in total. The van der Waals surface area contributed by atoms with Crippen LogP contribution in [0.15, 0.2) is 12.2 Å². The van der Waals surface area contributed by atoms with Gasteiger partial charge in [0.15, 0.2) is 0 Å². The first-order valence-electron chi connectivity index (χ1n) is 26.0. The highest BCUT2D eigenvalue weighted by Gasteiger charge is 2.26. The molecule has 0 aromatic rings. The van der Waals surface area contributed by atoms with Gasteiger partial charge in [0, 0.05) is 6.42 Å². The summed E-state index contributed by atoms with van der Waals surface area (Å²) in [5.74, 6) is -0.149. The third-order valence-electron chi connectivity index (χ3n) is 12.4. The van der Waals surface area contributed by atoms with Gasteiger partial charge in [-0.05, 0) is 38.5 Å². The van der Waals surface area contributed by atoms with Crippen LogP contribution in [-0.4, -0.2) is 46.1 Å². The van der Waals surface area contributed by atoms with Crippen LogP contribution in [0.25, 0.3) is 0 Å². The molecular formula is C52H103NO4. The molecule has 0 rings (SSSR count). The summed E-state index contributed by atoms with van der Waals surface area (Å²) in [7, 11) is 0. The average molecular weight is 806 g/mol. The lowest BCUT2D eigenvalue weighted by molar-refractivity contribution is -0.124. The molecule has 3 unspecified atom stereocenters. The second-order valence-electron chi connectivity index (χ2n) is 18.1. The molecule has 5 nitrogen and oxygen atoms in total. The summed E-state index contributed by atoms with van der Waals surface area (Å²) in [5, 5.41) is 33.5. The van der Waals surface area contributed by atoms with E-state index >= 15 is 0 Å². The first-order chi connectivity index (χ1) is 28.1. The van der Waals surface area contributed by atoms with Crippen LogP contribution in [0.4, 0.5) is 0 Å². The number of rotatable bonds is 48. The van der Waals surface area contributed by atoms with Gasteiger partial charge in [0.05, 0.1) is 18.8 Å². The Morgan fingerprint density at radius 3 is 1.02 bits per heavy atom. The number of aliphatic hydroxyl groups excluding tert-OH is 3. The number of hydrogen-bond acceptors (Lipinski definition) is 4. The highest BCUT2D eigenvalue weighted by molar-refractivity contribution is 5.76. The van der Waals surface area contributed by atoms with Crippen LogP contribution in [0.2, 0.25) is 0 Å².